The maximum atomic E-state index is 5.90. The molecule has 118 valence electrons. The van der Waals surface area contributed by atoms with Crippen LogP contribution in [-0.2, 0) is 0 Å². The van der Waals surface area contributed by atoms with E-state index in [-0.39, 0.29) is 6.10 Å². The molecule has 1 saturated heterocycles. The van der Waals surface area contributed by atoms with E-state index in [0.717, 1.165) is 51.1 Å². The first-order valence-electron chi connectivity index (χ1n) is 8.15. The molecule has 0 aromatic carbocycles. The highest BCUT2D eigenvalue weighted by atomic mass is 16.5. The molecule has 0 radical (unpaired) electrons. The van der Waals surface area contributed by atoms with Crippen molar-refractivity contribution in [2.45, 2.75) is 45.6 Å². The summed E-state index contributed by atoms with van der Waals surface area (Å²) in [7, 11) is 2.13. The Kier molecular flexibility index (Phi) is 6.23. The van der Waals surface area contributed by atoms with Crippen LogP contribution in [0.1, 0.15) is 39.5 Å². The average Bonchev–Trinajstić information content (AvgIpc) is 2.48. The topological polar surface area (TPSA) is 41.5 Å². The van der Waals surface area contributed by atoms with E-state index >= 15 is 0 Å². The van der Waals surface area contributed by atoms with Gasteiger partial charge < -0.3 is 14.5 Å². The number of likely N-dealkylation sites (N-methyl/N-ethyl adjacent to an activating group) is 1. The van der Waals surface area contributed by atoms with Crippen molar-refractivity contribution in [2.75, 3.05) is 38.1 Å². The Labute approximate surface area is 128 Å². The fourth-order valence-corrected chi connectivity index (χ4v) is 2.81. The predicted octanol–water partition coefficient (Wildman–Crippen LogP) is 2.58. The van der Waals surface area contributed by atoms with Gasteiger partial charge in [-0.25, -0.2) is 9.97 Å². The van der Waals surface area contributed by atoms with Crippen molar-refractivity contribution in [2.24, 2.45) is 0 Å². The highest BCUT2D eigenvalue weighted by molar-refractivity contribution is 5.42. The Morgan fingerprint density at radius 3 is 2.48 bits per heavy atom. The molecule has 1 atom stereocenters. The van der Waals surface area contributed by atoms with Gasteiger partial charge in [-0.05, 0) is 39.3 Å². The van der Waals surface area contributed by atoms with E-state index in [1.165, 1.54) is 6.42 Å². The Balaban J connectivity index is 1.94. The molecular weight excluding hydrogens is 264 g/mol. The molecule has 2 rings (SSSR count). The molecule has 0 spiro atoms. The number of hydrogen-bond donors (Lipinski definition) is 0. The minimum atomic E-state index is 0.219. The van der Waals surface area contributed by atoms with E-state index in [1.54, 1.807) is 0 Å². The standard InChI is InChI=1S/C16H28N4O/c1-4-8-20(9-5-2)14-11-17-16(18-12-14)21-15-7-6-10-19(3)13-15/h11-12,15H,4-10,13H2,1-3H3. The van der Waals surface area contributed by atoms with Gasteiger partial charge in [0, 0.05) is 19.6 Å². The summed E-state index contributed by atoms with van der Waals surface area (Å²) in [6.45, 7) is 8.60. The zero-order chi connectivity index (χ0) is 15.1. The largest absolute Gasteiger partial charge is 0.459 e. The third kappa shape index (κ3) is 4.84. The van der Waals surface area contributed by atoms with Crippen molar-refractivity contribution in [3.05, 3.63) is 12.4 Å². The van der Waals surface area contributed by atoms with Crippen LogP contribution in [-0.4, -0.2) is 54.2 Å². The molecule has 2 heterocycles. The number of nitrogens with zero attached hydrogens (tertiary/aromatic N) is 4. The van der Waals surface area contributed by atoms with Crippen LogP contribution in [0.5, 0.6) is 6.01 Å². The normalized spacial score (nSPS) is 19.5. The smallest absolute Gasteiger partial charge is 0.316 e. The molecular formula is C16H28N4O. The van der Waals surface area contributed by atoms with Crippen molar-refractivity contribution in [1.29, 1.82) is 0 Å². The van der Waals surface area contributed by atoms with Gasteiger partial charge in [0.2, 0.25) is 0 Å². The molecule has 0 saturated carbocycles. The molecule has 21 heavy (non-hydrogen) atoms. The van der Waals surface area contributed by atoms with E-state index in [9.17, 15) is 0 Å². The lowest BCUT2D eigenvalue weighted by atomic mass is 10.1. The molecule has 1 aromatic heterocycles. The third-order valence-electron chi connectivity index (χ3n) is 3.82. The lowest BCUT2D eigenvalue weighted by Gasteiger charge is -2.29. The number of hydrogen-bond acceptors (Lipinski definition) is 5. The van der Waals surface area contributed by atoms with Crippen LogP contribution in [0.25, 0.3) is 0 Å². The van der Waals surface area contributed by atoms with E-state index in [0.29, 0.717) is 6.01 Å². The second-order valence-electron chi connectivity index (χ2n) is 5.86. The predicted molar refractivity (Wildman–Crippen MR) is 86.0 cm³/mol. The Morgan fingerprint density at radius 1 is 1.24 bits per heavy atom. The molecule has 1 unspecified atom stereocenters. The number of likely N-dealkylation sites (tertiary alicyclic amines) is 1. The maximum absolute atomic E-state index is 5.90. The van der Waals surface area contributed by atoms with E-state index in [2.05, 4.69) is 40.7 Å². The molecule has 5 heteroatoms. The molecule has 0 amide bonds. The Morgan fingerprint density at radius 2 is 1.90 bits per heavy atom. The summed E-state index contributed by atoms with van der Waals surface area (Å²) in [5.74, 6) is 0. The molecule has 0 aliphatic carbocycles. The summed E-state index contributed by atoms with van der Waals surface area (Å²) in [4.78, 5) is 13.4. The van der Waals surface area contributed by atoms with Gasteiger partial charge in [-0.3, -0.25) is 0 Å². The van der Waals surface area contributed by atoms with Gasteiger partial charge >= 0.3 is 6.01 Å². The van der Waals surface area contributed by atoms with Crippen LogP contribution in [0, 0.1) is 0 Å². The summed E-state index contributed by atoms with van der Waals surface area (Å²) in [6, 6.07) is 0.506. The van der Waals surface area contributed by atoms with Crippen molar-refractivity contribution in [3.63, 3.8) is 0 Å². The molecule has 5 nitrogen and oxygen atoms in total. The number of ether oxygens (including phenoxy) is 1. The molecule has 1 fully saturated rings. The maximum Gasteiger partial charge on any atom is 0.316 e. The number of rotatable bonds is 7. The molecule has 0 bridgehead atoms. The SMILES string of the molecule is CCCN(CCC)c1cnc(OC2CCCN(C)C2)nc1. The van der Waals surface area contributed by atoms with Crippen LogP contribution in [0.2, 0.25) is 0 Å². The van der Waals surface area contributed by atoms with Gasteiger partial charge in [-0.1, -0.05) is 13.8 Å². The first-order valence-corrected chi connectivity index (χ1v) is 8.15. The second-order valence-corrected chi connectivity index (χ2v) is 5.86. The van der Waals surface area contributed by atoms with Gasteiger partial charge in [0.15, 0.2) is 0 Å². The fourth-order valence-electron chi connectivity index (χ4n) is 2.81. The van der Waals surface area contributed by atoms with Crippen LogP contribution in [0.15, 0.2) is 12.4 Å². The monoisotopic (exact) mass is 292 g/mol. The quantitative estimate of drug-likeness (QED) is 0.772. The first kappa shape index (κ1) is 16.0. The lowest BCUT2D eigenvalue weighted by Crippen LogP contribution is -2.38. The van der Waals surface area contributed by atoms with Crippen LogP contribution < -0.4 is 9.64 Å². The van der Waals surface area contributed by atoms with Crippen molar-refractivity contribution < 1.29 is 4.74 Å². The van der Waals surface area contributed by atoms with Crippen LogP contribution >= 0.6 is 0 Å². The highest BCUT2D eigenvalue weighted by Gasteiger charge is 2.19. The highest BCUT2D eigenvalue weighted by Crippen LogP contribution is 2.17. The Hall–Kier alpha value is -1.36. The minimum Gasteiger partial charge on any atom is -0.459 e. The molecule has 1 aliphatic heterocycles. The summed E-state index contributed by atoms with van der Waals surface area (Å²) in [5.41, 5.74) is 1.09. The lowest BCUT2D eigenvalue weighted by molar-refractivity contribution is 0.0955. The summed E-state index contributed by atoms with van der Waals surface area (Å²) in [6.07, 6.45) is 8.53. The zero-order valence-electron chi connectivity index (χ0n) is 13.6. The van der Waals surface area contributed by atoms with Crippen LogP contribution in [0.4, 0.5) is 5.69 Å². The third-order valence-corrected chi connectivity index (χ3v) is 3.82. The summed E-state index contributed by atoms with van der Waals surface area (Å²) < 4.78 is 5.90. The fraction of sp³-hybridized carbons (Fsp3) is 0.750. The number of piperidine rings is 1. The van der Waals surface area contributed by atoms with Crippen LogP contribution in [0.3, 0.4) is 0 Å². The molecule has 1 aromatic rings. The number of anilines is 1. The van der Waals surface area contributed by atoms with Crippen molar-refractivity contribution >= 4 is 5.69 Å². The van der Waals surface area contributed by atoms with Gasteiger partial charge in [0.25, 0.3) is 0 Å². The van der Waals surface area contributed by atoms with Gasteiger partial charge in [0.1, 0.15) is 6.10 Å². The minimum absolute atomic E-state index is 0.219. The summed E-state index contributed by atoms with van der Waals surface area (Å²) in [5, 5.41) is 0. The first-order chi connectivity index (χ1) is 10.2. The van der Waals surface area contributed by atoms with E-state index < -0.39 is 0 Å². The van der Waals surface area contributed by atoms with Crippen molar-refractivity contribution in [1.82, 2.24) is 14.9 Å². The van der Waals surface area contributed by atoms with E-state index in [4.69, 9.17) is 4.74 Å². The second kappa shape index (κ2) is 8.17. The average molecular weight is 292 g/mol. The van der Waals surface area contributed by atoms with Gasteiger partial charge in [-0.2, -0.15) is 0 Å². The van der Waals surface area contributed by atoms with Gasteiger partial charge in [0.05, 0.1) is 18.1 Å². The molecule has 0 N–H and O–H groups in total. The van der Waals surface area contributed by atoms with E-state index in [1.807, 2.05) is 12.4 Å². The van der Waals surface area contributed by atoms with Gasteiger partial charge in [-0.15, -0.1) is 0 Å². The number of aromatic nitrogens is 2. The summed E-state index contributed by atoms with van der Waals surface area (Å²) >= 11 is 0. The molecule has 1 aliphatic rings. The van der Waals surface area contributed by atoms with Crippen molar-refractivity contribution in [3.8, 4) is 6.01 Å². The Bertz CT molecular complexity index is 403. The zero-order valence-corrected chi connectivity index (χ0v) is 13.6.